The van der Waals surface area contributed by atoms with Crippen LogP contribution in [0.3, 0.4) is 0 Å². The third-order valence-electron chi connectivity index (χ3n) is 3.09. The first-order chi connectivity index (χ1) is 8.79. The molecule has 1 aromatic carbocycles. The quantitative estimate of drug-likeness (QED) is 0.915. The van der Waals surface area contributed by atoms with Crippen molar-refractivity contribution in [1.82, 2.24) is 0 Å². The number of para-hydroxylation sites is 1. The Hall–Kier alpha value is -1.72. The summed E-state index contributed by atoms with van der Waals surface area (Å²) in [6, 6.07) is 4.31. The molecule has 1 fully saturated rings. The van der Waals surface area contributed by atoms with Crippen LogP contribution in [0.15, 0.2) is 18.2 Å². The molecule has 0 aliphatic heterocycles. The molecule has 3 nitrogen and oxygen atoms in total. The van der Waals surface area contributed by atoms with Gasteiger partial charge in [-0.2, -0.15) is 13.2 Å². The van der Waals surface area contributed by atoms with E-state index in [1.807, 2.05) is 0 Å². The molecule has 104 valence electrons. The van der Waals surface area contributed by atoms with E-state index in [0.29, 0.717) is 18.4 Å². The molecule has 1 N–H and O–H groups in total. The van der Waals surface area contributed by atoms with Crippen LogP contribution in [0.2, 0.25) is 0 Å². The lowest BCUT2D eigenvalue weighted by Gasteiger charge is -2.28. The maximum absolute atomic E-state index is 12.7. The lowest BCUT2D eigenvalue weighted by molar-refractivity contribution is -0.120. The van der Waals surface area contributed by atoms with Gasteiger partial charge < -0.3 is 10.0 Å². The van der Waals surface area contributed by atoms with Crippen LogP contribution in [-0.4, -0.2) is 29.8 Å². The third kappa shape index (κ3) is 3.19. The molecule has 1 saturated carbocycles. The van der Waals surface area contributed by atoms with Crippen LogP contribution in [0.25, 0.3) is 0 Å². The van der Waals surface area contributed by atoms with E-state index in [1.54, 1.807) is 19.1 Å². The zero-order valence-corrected chi connectivity index (χ0v) is 10.4. The Labute approximate surface area is 108 Å². The fraction of sp³-hybridized carbons (Fsp3) is 0.462. The molecule has 1 aliphatic carbocycles. The SMILES string of the molecule is Cc1cccc(C(=O)O)c1N(CC(F)(F)F)C1CC1. The number of halogens is 3. The Bertz CT molecular complexity index is 495. The highest BCUT2D eigenvalue weighted by atomic mass is 19.4. The maximum atomic E-state index is 12.7. The van der Waals surface area contributed by atoms with E-state index < -0.39 is 18.7 Å². The van der Waals surface area contributed by atoms with Crippen molar-refractivity contribution in [1.29, 1.82) is 0 Å². The zero-order chi connectivity index (χ0) is 14.2. The highest BCUT2D eigenvalue weighted by Crippen LogP contribution is 2.37. The van der Waals surface area contributed by atoms with Crippen molar-refractivity contribution in [3.05, 3.63) is 29.3 Å². The average Bonchev–Trinajstić information content (AvgIpc) is 3.08. The smallest absolute Gasteiger partial charge is 0.405 e. The molecule has 19 heavy (non-hydrogen) atoms. The molecule has 1 aromatic rings. The molecule has 0 amide bonds. The molecule has 0 radical (unpaired) electrons. The minimum atomic E-state index is -4.35. The number of hydrogen-bond donors (Lipinski definition) is 1. The van der Waals surface area contributed by atoms with Crippen molar-refractivity contribution in [2.45, 2.75) is 32.0 Å². The summed E-state index contributed by atoms with van der Waals surface area (Å²) in [5, 5.41) is 9.13. The summed E-state index contributed by atoms with van der Waals surface area (Å²) < 4.78 is 38.0. The molecule has 0 unspecified atom stereocenters. The molecule has 0 aromatic heterocycles. The van der Waals surface area contributed by atoms with Gasteiger partial charge in [0.1, 0.15) is 6.54 Å². The molecule has 1 aliphatic rings. The van der Waals surface area contributed by atoms with E-state index >= 15 is 0 Å². The number of carboxylic acid groups (broad SMARTS) is 1. The highest BCUT2D eigenvalue weighted by Gasteiger charge is 2.39. The topological polar surface area (TPSA) is 40.5 Å². The third-order valence-corrected chi connectivity index (χ3v) is 3.09. The summed E-state index contributed by atoms with van der Waals surface area (Å²) in [5.74, 6) is -1.20. The fourth-order valence-electron chi connectivity index (χ4n) is 2.18. The van der Waals surface area contributed by atoms with Crippen molar-refractivity contribution in [2.24, 2.45) is 0 Å². The predicted molar refractivity (Wildman–Crippen MR) is 64.6 cm³/mol. The summed E-state index contributed by atoms with van der Waals surface area (Å²) in [6.45, 7) is 0.524. The number of aromatic carboxylic acids is 1. The van der Waals surface area contributed by atoms with Gasteiger partial charge in [-0.15, -0.1) is 0 Å². The van der Waals surface area contributed by atoms with Gasteiger partial charge >= 0.3 is 12.1 Å². The first kappa shape index (κ1) is 13.7. The fourth-order valence-corrected chi connectivity index (χ4v) is 2.18. The van der Waals surface area contributed by atoms with Crippen LogP contribution in [0.5, 0.6) is 0 Å². The van der Waals surface area contributed by atoms with Gasteiger partial charge in [0.25, 0.3) is 0 Å². The Balaban J connectivity index is 2.44. The number of rotatable bonds is 4. The van der Waals surface area contributed by atoms with Gasteiger partial charge in [0.05, 0.1) is 11.3 Å². The van der Waals surface area contributed by atoms with Crippen LogP contribution in [0.1, 0.15) is 28.8 Å². The lowest BCUT2D eigenvalue weighted by Crippen LogP contribution is -2.37. The molecule has 6 heteroatoms. The van der Waals surface area contributed by atoms with Crippen LogP contribution in [0.4, 0.5) is 18.9 Å². The normalized spacial score (nSPS) is 15.4. The minimum absolute atomic E-state index is 0.0730. The standard InChI is InChI=1S/C13H14F3NO2/c1-8-3-2-4-10(12(18)19)11(8)17(9-5-6-9)7-13(14,15)16/h2-4,9H,5-7H2,1H3,(H,18,19). The summed E-state index contributed by atoms with van der Waals surface area (Å²) in [5.41, 5.74) is 0.669. The van der Waals surface area contributed by atoms with E-state index in [1.165, 1.54) is 11.0 Å². The molecule has 0 bridgehead atoms. The van der Waals surface area contributed by atoms with Crippen LogP contribution < -0.4 is 4.90 Å². The first-order valence-corrected chi connectivity index (χ1v) is 5.96. The number of nitrogens with zero attached hydrogens (tertiary/aromatic N) is 1. The van der Waals surface area contributed by atoms with E-state index in [9.17, 15) is 18.0 Å². The summed E-state index contributed by atoms with van der Waals surface area (Å²) >= 11 is 0. The lowest BCUT2D eigenvalue weighted by atomic mass is 10.1. The number of anilines is 1. The van der Waals surface area contributed by atoms with Crippen LogP contribution in [-0.2, 0) is 0 Å². The minimum Gasteiger partial charge on any atom is -0.478 e. The summed E-state index contributed by atoms with van der Waals surface area (Å²) in [7, 11) is 0. The Morgan fingerprint density at radius 3 is 2.53 bits per heavy atom. The molecular weight excluding hydrogens is 259 g/mol. The number of hydrogen-bond acceptors (Lipinski definition) is 2. The Morgan fingerprint density at radius 1 is 1.42 bits per heavy atom. The second-order valence-electron chi connectivity index (χ2n) is 4.75. The molecular formula is C13H14F3NO2. The van der Waals surface area contributed by atoms with Crippen LogP contribution >= 0.6 is 0 Å². The van der Waals surface area contributed by atoms with E-state index in [0.717, 1.165) is 0 Å². The van der Waals surface area contributed by atoms with E-state index in [-0.39, 0.29) is 17.3 Å². The van der Waals surface area contributed by atoms with Gasteiger partial charge in [-0.3, -0.25) is 0 Å². The number of benzene rings is 1. The monoisotopic (exact) mass is 273 g/mol. The predicted octanol–water partition coefficient (Wildman–Crippen LogP) is 3.22. The summed E-state index contributed by atoms with van der Waals surface area (Å²) in [4.78, 5) is 12.4. The zero-order valence-electron chi connectivity index (χ0n) is 10.4. The van der Waals surface area contributed by atoms with Crippen molar-refractivity contribution < 1.29 is 23.1 Å². The Morgan fingerprint density at radius 2 is 2.05 bits per heavy atom. The molecule has 0 saturated heterocycles. The number of carbonyl (C=O) groups is 1. The second kappa shape index (κ2) is 4.75. The highest BCUT2D eigenvalue weighted by molar-refractivity contribution is 5.95. The van der Waals surface area contributed by atoms with Crippen molar-refractivity contribution >= 4 is 11.7 Å². The maximum Gasteiger partial charge on any atom is 0.405 e. The largest absolute Gasteiger partial charge is 0.478 e. The van der Waals surface area contributed by atoms with Crippen LogP contribution in [0, 0.1) is 6.92 Å². The number of carboxylic acids is 1. The van der Waals surface area contributed by atoms with Gasteiger partial charge in [-0.1, -0.05) is 12.1 Å². The van der Waals surface area contributed by atoms with Gasteiger partial charge in [0, 0.05) is 6.04 Å². The summed E-state index contributed by atoms with van der Waals surface area (Å²) in [6.07, 6.45) is -3.01. The first-order valence-electron chi connectivity index (χ1n) is 5.96. The molecule has 0 spiro atoms. The van der Waals surface area contributed by atoms with Crippen molar-refractivity contribution in [3.63, 3.8) is 0 Å². The number of aryl methyl sites for hydroxylation is 1. The molecule has 0 atom stereocenters. The van der Waals surface area contributed by atoms with Gasteiger partial charge in [0.2, 0.25) is 0 Å². The Kier molecular flexibility index (Phi) is 3.43. The van der Waals surface area contributed by atoms with Gasteiger partial charge in [-0.25, -0.2) is 4.79 Å². The van der Waals surface area contributed by atoms with Crippen molar-refractivity contribution in [3.8, 4) is 0 Å². The molecule has 2 rings (SSSR count). The van der Waals surface area contributed by atoms with Gasteiger partial charge in [0.15, 0.2) is 0 Å². The van der Waals surface area contributed by atoms with E-state index in [4.69, 9.17) is 5.11 Å². The second-order valence-corrected chi connectivity index (χ2v) is 4.75. The number of alkyl halides is 3. The van der Waals surface area contributed by atoms with Crippen molar-refractivity contribution in [2.75, 3.05) is 11.4 Å². The average molecular weight is 273 g/mol. The van der Waals surface area contributed by atoms with Gasteiger partial charge in [-0.05, 0) is 31.4 Å². The van der Waals surface area contributed by atoms with E-state index in [2.05, 4.69) is 0 Å². The molecule has 0 heterocycles.